The highest BCUT2D eigenvalue weighted by molar-refractivity contribution is 5.75. The van der Waals surface area contributed by atoms with E-state index in [0.29, 0.717) is 45.4 Å². The molecule has 2 heterocycles. The summed E-state index contributed by atoms with van der Waals surface area (Å²) in [6.07, 6.45) is 5.33. The summed E-state index contributed by atoms with van der Waals surface area (Å²) in [6, 6.07) is -0.0255. The van der Waals surface area contributed by atoms with Gasteiger partial charge >= 0.3 is 12.0 Å². The van der Waals surface area contributed by atoms with E-state index in [-0.39, 0.29) is 18.2 Å². The van der Waals surface area contributed by atoms with Crippen molar-refractivity contribution in [3.8, 4) is 0 Å². The predicted molar refractivity (Wildman–Crippen MR) is 82.6 cm³/mol. The van der Waals surface area contributed by atoms with Crippen molar-refractivity contribution in [1.82, 2.24) is 9.80 Å². The van der Waals surface area contributed by atoms with Crippen LogP contribution in [0.25, 0.3) is 0 Å². The molecule has 2 amide bonds. The van der Waals surface area contributed by atoms with Gasteiger partial charge in [-0.1, -0.05) is 12.2 Å². The van der Waals surface area contributed by atoms with Gasteiger partial charge in [-0.25, -0.2) is 4.79 Å². The second-order valence-electron chi connectivity index (χ2n) is 5.99. The molecule has 1 unspecified atom stereocenters. The van der Waals surface area contributed by atoms with E-state index in [1.807, 2.05) is 0 Å². The maximum Gasteiger partial charge on any atom is 0.320 e. The Morgan fingerprint density at radius 2 is 1.86 bits per heavy atom. The molecule has 0 radical (unpaired) electrons. The highest BCUT2D eigenvalue weighted by Crippen LogP contribution is 2.38. The largest absolute Gasteiger partial charge is 0.481 e. The SMILES string of the molecule is C=CCN(CC=C)C(=O)N1CCC2(CC1)CC(C(=O)O)CO2. The minimum Gasteiger partial charge on any atom is -0.481 e. The van der Waals surface area contributed by atoms with E-state index in [1.165, 1.54) is 0 Å². The fourth-order valence-electron chi connectivity index (χ4n) is 3.20. The number of aliphatic carboxylic acids is 1. The van der Waals surface area contributed by atoms with Gasteiger partial charge in [0, 0.05) is 26.2 Å². The number of likely N-dealkylation sites (tertiary alicyclic amines) is 1. The van der Waals surface area contributed by atoms with Crippen molar-refractivity contribution in [2.75, 3.05) is 32.8 Å². The Kier molecular flexibility index (Phi) is 5.24. The van der Waals surface area contributed by atoms with Gasteiger partial charge in [-0.3, -0.25) is 4.79 Å². The van der Waals surface area contributed by atoms with Crippen LogP contribution in [0.4, 0.5) is 4.79 Å². The third kappa shape index (κ3) is 3.50. The van der Waals surface area contributed by atoms with Gasteiger partial charge in [0.05, 0.1) is 18.1 Å². The second-order valence-corrected chi connectivity index (χ2v) is 5.99. The van der Waals surface area contributed by atoms with Gasteiger partial charge in [0.25, 0.3) is 0 Å². The van der Waals surface area contributed by atoms with Crippen LogP contribution in [0.3, 0.4) is 0 Å². The van der Waals surface area contributed by atoms with E-state index < -0.39 is 11.9 Å². The number of carbonyl (C=O) groups is 2. The molecule has 0 bridgehead atoms. The molecule has 6 nitrogen and oxygen atoms in total. The van der Waals surface area contributed by atoms with Gasteiger partial charge in [-0.05, 0) is 19.3 Å². The van der Waals surface area contributed by atoms with Gasteiger partial charge < -0.3 is 19.6 Å². The lowest BCUT2D eigenvalue weighted by Crippen LogP contribution is -2.51. The number of nitrogens with zero attached hydrogens (tertiary/aromatic N) is 2. The highest BCUT2D eigenvalue weighted by Gasteiger charge is 2.45. The van der Waals surface area contributed by atoms with E-state index in [9.17, 15) is 9.59 Å². The average molecular weight is 308 g/mol. The van der Waals surface area contributed by atoms with Crippen molar-refractivity contribution >= 4 is 12.0 Å². The van der Waals surface area contributed by atoms with Crippen molar-refractivity contribution in [1.29, 1.82) is 0 Å². The monoisotopic (exact) mass is 308 g/mol. The molecule has 2 rings (SSSR count). The smallest absolute Gasteiger partial charge is 0.320 e. The number of urea groups is 1. The Bertz CT molecular complexity index is 445. The highest BCUT2D eigenvalue weighted by atomic mass is 16.5. The minimum absolute atomic E-state index is 0.0255. The van der Waals surface area contributed by atoms with Crippen LogP contribution in [0.2, 0.25) is 0 Å². The van der Waals surface area contributed by atoms with E-state index in [0.717, 1.165) is 0 Å². The van der Waals surface area contributed by atoms with E-state index in [2.05, 4.69) is 13.2 Å². The van der Waals surface area contributed by atoms with Gasteiger partial charge in [-0.2, -0.15) is 0 Å². The van der Waals surface area contributed by atoms with Gasteiger partial charge in [0.15, 0.2) is 0 Å². The summed E-state index contributed by atoms with van der Waals surface area (Å²) in [6.45, 7) is 9.79. The van der Waals surface area contributed by atoms with Crippen molar-refractivity contribution in [3.63, 3.8) is 0 Å². The van der Waals surface area contributed by atoms with Gasteiger partial charge in [0.2, 0.25) is 0 Å². The van der Waals surface area contributed by atoms with Crippen LogP contribution in [0.15, 0.2) is 25.3 Å². The standard InChI is InChI=1S/C16H24N2O4/c1-3-7-17(8-4-2)15(21)18-9-5-16(6-10-18)11-13(12-22-16)14(19)20/h3-4,13H,1-2,5-12H2,(H,19,20). The summed E-state index contributed by atoms with van der Waals surface area (Å²) in [5.41, 5.74) is -0.360. The van der Waals surface area contributed by atoms with Crippen LogP contribution in [-0.2, 0) is 9.53 Å². The summed E-state index contributed by atoms with van der Waals surface area (Å²) < 4.78 is 5.77. The Morgan fingerprint density at radius 3 is 2.32 bits per heavy atom. The summed E-state index contributed by atoms with van der Waals surface area (Å²) in [5, 5.41) is 9.09. The fraction of sp³-hybridized carbons (Fsp3) is 0.625. The molecule has 0 aromatic carbocycles. The van der Waals surface area contributed by atoms with Crippen LogP contribution < -0.4 is 0 Å². The lowest BCUT2D eigenvalue weighted by Gasteiger charge is -2.40. The fourth-order valence-corrected chi connectivity index (χ4v) is 3.20. The molecule has 2 aliphatic rings. The Hall–Kier alpha value is -1.82. The molecule has 6 heteroatoms. The molecule has 1 atom stereocenters. The van der Waals surface area contributed by atoms with Crippen LogP contribution >= 0.6 is 0 Å². The molecule has 0 saturated carbocycles. The summed E-state index contributed by atoms with van der Waals surface area (Å²) >= 11 is 0. The molecule has 1 spiro atoms. The molecular weight excluding hydrogens is 284 g/mol. The van der Waals surface area contributed by atoms with Crippen molar-refractivity contribution < 1.29 is 19.4 Å². The number of rotatable bonds is 5. The van der Waals surface area contributed by atoms with E-state index in [4.69, 9.17) is 9.84 Å². The van der Waals surface area contributed by atoms with Crippen molar-refractivity contribution in [2.45, 2.75) is 24.9 Å². The number of ether oxygens (including phenoxy) is 1. The van der Waals surface area contributed by atoms with E-state index in [1.54, 1.807) is 22.0 Å². The maximum absolute atomic E-state index is 12.5. The second kappa shape index (κ2) is 6.96. The van der Waals surface area contributed by atoms with Gasteiger partial charge in [-0.15, -0.1) is 13.2 Å². The normalized spacial score (nSPS) is 23.3. The number of carbonyl (C=O) groups excluding carboxylic acids is 1. The number of amides is 2. The predicted octanol–water partition coefficient (Wildman–Crippen LogP) is 1.74. The van der Waals surface area contributed by atoms with Crippen LogP contribution in [0.1, 0.15) is 19.3 Å². The summed E-state index contributed by atoms with van der Waals surface area (Å²) in [5.74, 6) is -1.21. The van der Waals surface area contributed by atoms with Crippen LogP contribution in [-0.4, -0.2) is 65.3 Å². The van der Waals surface area contributed by atoms with E-state index >= 15 is 0 Å². The Morgan fingerprint density at radius 1 is 1.27 bits per heavy atom. The molecule has 2 aliphatic heterocycles. The minimum atomic E-state index is -0.793. The molecule has 1 N–H and O–H groups in total. The number of hydrogen-bond acceptors (Lipinski definition) is 3. The van der Waals surface area contributed by atoms with Gasteiger partial charge in [0.1, 0.15) is 0 Å². The summed E-state index contributed by atoms with van der Waals surface area (Å²) in [7, 11) is 0. The number of carboxylic acid groups (broad SMARTS) is 1. The molecule has 0 aromatic rings. The third-order valence-electron chi connectivity index (χ3n) is 4.47. The third-order valence-corrected chi connectivity index (χ3v) is 4.47. The average Bonchev–Trinajstić information content (AvgIpc) is 2.91. The molecular formula is C16H24N2O4. The lowest BCUT2D eigenvalue weighted by atomic mass is 9.85. The van der Waals surface area contributed by atoms with Crippen LogP contribution in [0.5, 0.6) is 0 Å². The van der Waals surface area contributed by atoms with Crippen LogP contribution in [0, 0.1) is 5.92 Å². The molecule has 22 heavy (non-hydrogen) atoms. The first-order chi connectivity index (χ1) is 10.5. The first kappa shape index (κ1) is 16.5. The Labute approximate surface area is 131 Å². The topological polar surface area (TPSA) is 70.1 Å². The zero-order valence-electron chi connectivity index (χ0n) is 12.9. The number of hydrogen-bond donors (Lipinski definition) is 1. The lowest BCUT2D eigenvalue weighted by molar-refractivity contribution is -0.141. The quantitative estimate of drug-likeness (QED) is 0.785. The first-order valence-corrected chi connectivity index (χ1v) is 7.64. The zero-order valence-corrected chi connectivity index (χ0v) is 12.9. The zero-order chi connectivity index (χ0) is 16.2. The molecule has 2 saturated heterocycles. The Balaban J connectivity index is 1.91. The first-order valence-electron chi connectivity index (χ1n) is 7.64. The maximum atomic E-state index is 12.5. The van der Waals surface area contributed by atoms with Crippen molar-refractivity contribution in [3.05, 3.63) is 25.3 Å². The molecule has 122 valence electrons. The number of piperidine rings is 1. The molecule has 0 aliphatic carbocycles. The van der Waals surface area contributed by atoms with Crippen molar-refractivity contribution in [2.24, 2.45) is 5.92 Å². The molecule has 2 fully saturated rings. The molecule has 0 aromatic heterocycles. The number of carboxylic acids is 1. The summed E-state index contributed by atoms with van der Waals surface area (Å²) in [4.78, 5) is 27.0.